The summed E-state index contributed by atoms with van der Waals surface area (Å²) in [6.07, 6.45) is -0.390. The summed E-state index contributed by atoms with van der Waals surface area (Å²) in [7, 11) is 1.67. The highest BCUT2D eigenvalue weighted by Crippen LogP contribution is 2.10. The molecular weight excluding hydrogens is 192 g/mol. The predicted octanol–water partition coefficient (Wildman–Crippen LogP) is 1.46. The Morgan fingerprint density at radius 3 is 2.60 bits per heavy atom. The molecule has 1 atom stereocenters. The third kappa shape index (κ3) is 3.25. The van der Waals surface area contributed by atoms with Crippen LogP contribution in [0.15, 0.2) is 30.3 Å². The largest absolute Gasteiger partial charge is 0.415 e. The average Bonchev–Trinajstić information content (AvgIpc) is 2.28. The van der Waals surface area contributed by atoms with Crippen molar-refractivity contribution in [2.75, 3.05) is 13.6 Å². The number of amides is 1. The minimum atomic E-state index is -0.390. The lowest BCUT2D eigenvalue weighted by Crippen LogP contribution is -2.41. The molecule has 0 fully saturated rings. The molecule has 82 valence electrons. The molecule has 0 aliphatic rings. The highest BCUT2D eigenvalue weighted by atomic mass is 16.6. The molecule has 0 radical (unpaired) electrons. The number of benzene rings is 1. The summed E-state index contributed by atoms with van der Waals surface area (Å²) in [5, 5.41) is 0. The van der Waals surface area contributed by atoms with E-state index in [9.17, 15) is 4.79 Å². The second-order valence-corrected chi connectivity index (χ2v) is 3.38. The van der Waals surface area contributed by atoms with Crippen LogP contribution in [-0.2, 0) is 0 Å². The van der Waals surface area contributed by atoms with Crippen molar-refractivity contribution in [3.05, 3.63) is 30.3 Å². The number of hydrogen-bond acceptors (Lipinski definition) is 3. The van der Waals surface area contributed by atoms with Gasteiger partial charge in [-0.3, -0.25) is 0 Å². The van der Waals surface area contributed by atoms with Gasteiger partial charge in [0.05, 0.1) is 0 Å². The molecule has 1 rings (SSSR count). The molecule has 0 saturated heterocycles. The number of carbonyl (C=O) groups excluding carboxylic acids is 1. The van der Waals surface area contributed by atoms with Crippen molar-refractivity contribution < 1.29 is 9.53 Å². The van der Waals surface area contributed by atoms with Crippen molar-refractivity contribution in [3.8, 4) is 5.75 Å². The fourth-order valence-electron chi connectivity index (χ4n) is 0.999. The maximum absolute atomic E-state index is 11.6. The van der Waals surface area contributed by atoms with Crippen LogP contribution >= 0.6 is 0 Å². The molecule has 15 heavy (non-hydrogen) atoms. The SMILES string of the molecule is CC(CN)N(C)C(=O)Oc1ccccc1. The van der Waals surface area contributed by atoms with Crippen LogP contribution in [-0.4, -0.2) is 30.6 Å². The van der Waals surface area contributed by atoms with Gasteiger partial charge in [0.2, 0.25) is 0 Å². The first-order valence-electron chi connectivity index (χ1n) is 4.85. The van der Waals surface area contributed by atoms with Crippen LogP contribution in [0.3, 0.4) is 0 Å². The zero-order valence-electron chi connectivity index (χ0n) is 9.01. The second kappa shape index (κ2) is 5.36. The molecule has 2 N–H and O–H groups in total. The van der Waals surface area contributed by atoms with E-state index in [0.29, 0.717) is 12.3 Å². The Morgan fingerprint density at radius 1 is 1.47 bits per heavy atom. The van der Waals surface area contributed by atoms with Gasteiger partial charge in [-0.05, 0) is 19.1 Å². The second-order valence-electron chi connectivity index (χ2n) is 3.38. The fraction of sp³-hybridized carbons (Fsp3) is 0.364. The Kier molecular flexibility index (Phi) is 4.12. The topological polar surface area (TPSA) is 55.6 Å². The molecular formula is C11H16N2O2. The van der Waals surface area contributed by atoms with Crippen LogP contribution in [0.5, 0.6) is 5.75 Å². The van der Waals surface area contributed by atoms with E-state index in [1.54, 1.807) is 19.2 Å². The van der Waals surface area contributed by atoms with Gasteiger partial charge in [-0.25, -0.2) is 4.79 Å². The maximum atomic E-state index is 11.6. The number of rotatable bonds is 3. The molecule has 0 aliphatic carbocycles. The first kappa shape index (κ1) is 11.5. The van der Waals surface area contributed by atoms with E-state index in [-0.39, 0.29) is 12.1 Å². The van der Waals surface area contributed by atoms with Gasteiger partial charge >= 0.3 is 6.09 Å². The summed E-state index contributed by atoms with van der Waals surface area (Å²) in [5.74, 6) is 0.540. The molecule has 0 spiro atoms. The van der Waals surface area contributed by atoms with Crippen molar-refractivity contribution in [3.63, 3.8) is 0 Å². The number of likely N-dealkylation sites (N-methyl/N-ethyl adjacent to an activating group) is 1. The Bertz CT molecular complexity index is 314. The average molecular weight is 208 g/mol. The first-order chi connectivity index (χ1) is 7.15. The van der Waals surface area contributed by atoms with Crippen LogP contribution < -0.4 is 10.5 Å². The molecule has 1 unspecified atom stereocenters. The van der Waals surface area contributed by atoms with Crippen molar-refractivity contribution >= 4 is 6.09 Å². The Hall–Kier alpha value is -1.55. The van der Waals surface area contributed by atoms with Crippen LogP contribution in [0.1, 0.15) is 6.92 Å². The number of nitrogens with zero attached hydrogens (tertiary/aromatic N) is 1. The van der Waals surface area contributed by atoms with E-state index >= 15 is 0 Å². The van der Waals surface area contributed by atoms with Crippen LogP contribution in [0.25, 0.3) is 0 Å². The summed E-state index contributed by atoms with van der Waals surface area (Å²) in [5.41, 5.74) is 5.45. The van der Waals surface area contributed by atoms with Crippen LogP contribution in [0.4, 0.5) is 4.79 Å². The van der Waals surface area contributed by atoms with E-state index in [4.69, 9.17) is 10.5 Å². The number of ether oxygens (including phenoxy) is 1. The summed E-state index contributed by atoms with van der Waals surface area (Å²) < 4.78 is 5.13. The number of nitrogens with two attached hydrogens (primary N) is 1. The molecule has 1 amide bonds. The molecule has 0 bridgehead atoms. The molecule has 4 heteroatoms. The number of para-hydroxylation sites is 1. The highest BCUT2D eigenvalue weighted by molar-refractivity contribution is 5.70. The lowest BCUT2D eigenvalue weighted by molar-refractivity contribution is 0.150. The summed E-state index contributed by atoms with van der Waals surface area (Å²) in [6, 6.07) is 8.94. The molecule has 0 saturated carbocycles. The highest BCUT2D eigenvalue weighted by Gasteiger charge is 2.15. The smallest absolute Gasteiger partial charge is 0.410 e. The van der Waals surface area contributed by atoms with E-state index < -0.39 is 0 Å². The van der Waals surface area contributed by atoms with Gasteiger partial charge in [0.1, 0.15) is 5.75 Å². The van der Waals surface area contributed by atoms with E-state index in [2.05, 4.69) is 0 Å². The fourth-order valence-corrected chi connectivity index (χ4v) is 0.999. The van der Waals surface area contributed by atoms with Gasteiger partial charge in [-0.15, -0.1) is 0 Å². The lowest BCUT2D eigenvalue weighted by Gasteiger charge is -2.22. The molecule has 4 nitrogen and oxygen atoms in total. The molecule has 1 aromatic carbocycles. The van der Waals surface area contributed by atoms with E-state index in [1.807, 2.05) is 25.1 Å². The van der Waals surface area contributed by atoms with Crippen LogP contribution in [0, 0.1) is 0 Å². The lowest BCUT2D eigenvalue weighted by atomic mass is 10.3. The van der Waals surface area contributed by atoms with E-state index in [1.165, 1.54) is 4.90 Å². The Labute approximate surface area is 89.6 Å². The molecule has 0 heterocycles. The van der Waals surface area contributed by atoms with E-state index in [0.717, 1.165) is 0 Å². The zero-order chi connectivity index (χ0) is 11.3. The van der Waals surface area contributed by atoms with Gasteiger partial charge in [-0.2, -0.15) is 0 Å². The van der Waals surface area contributed by atoms with Crippen molar-refractivity contribution in [1.29, 1.82) is 0 Å². The van der Waals surface area contributed by atoms with Gasteiger partial charge in [0, 0.05) is 19.6 Å². The van der Waals surface area contributed by atoms with Gasteiger partial charge in [0.15, 0.2) is 0 Å². The van der Waals surface area contributed by atoms with Gasteiger partial charge in [0.25, 0.3) is 0 Å². The van der Waals surface area contributed by atoms with Crippen molar-refractivity contribution in [2.24, 2.45) is 5.73 Å². The van der Waals surface area contributed by atoms with Crippen molar-refractivity contribution in [2.45, 2.75) is 13.0 Å². The van der Waals surface area contributed by atoms with Gasteiger partial charge in [-0.1, -0.05) is 18.2 Å². The maximum Gasteiger partial charge on any atom is 0.415 e. The Morgan fingerprint density at radius 2 is 2.07 bits per heavy atom. The minimum absolute atomic E-state index is 0.0267. The first-order valence-corrected chi connectivity index (χ1v) is 4.85. The molecule has 0 aliphatic heterocycles. The minimum Gasteiger partial charge on any atom is -0.410 e. The normalized spacial score (nSPS) is 11.9. The van der Waals surface area contributed by atoms with Crippen molar-refractivity contribution in [1.82, 2.24) is 4.90 Å². The monoisotopic (exact) mass is 208 g/mol. The summed E-state index contributed by atoms with van der Waals surface area (Å²) in [6.45, 7) is 2.28. The third-order valence-corrected chi connectivity index (χ3v) is 2.24. The quantitative estimate of drug-likeness (QED) is 0.818. The van der Waals surface area contributed by atoms with Gasteiger partial charge < -0.3 is 15.4 Å². The zero-order valence-corrected chi connectivity index (χ0v) is 9.01. The molecule has 1 aromatic rings. The Balaban J connectivity index is 2.56. The summed E-state index contributed by atoms with van der Waals surface area (Å²) in [4.78, 5) is 13.0. The van der Waals surface area contributed by atoms with Crippen LogP contribution in [0.2, 0.25) is 0 Å². The molecule has 0 aromatic heterocycles. The standard InChI is InChI=1S/C11H16N2O2/c1-9(8-12)13(2)11(14)15-10-6-4-3-5-7-10/h3-7,9H,8,12H2,1-2H3. The number of carbonyl (C=O) groups is 1. The predicted molar refractivity (Wildman–Crippen MR) is 58.7 cm³/mol. The number of hydrogen-bond donors (Lipinski definition) is 1. The third-order valence-electron chi connectivity index (χ3n) is 2.24. The summed E-state index contributed by atoms with van der Waals surface area (Å²) >= 11 is 0.